The molecule has 0 aliphatic carbocycles. The van der Waals surface area contributed by atoms with Crippen LogP contribution in [0.1, 0.15) is 16.1 Å². The van der Waals surface area contributed by atoms with Crippen molar-refractivity contribution in [1.29, 1.82) is 5.26 Å². The lowest BCUT2D eigenvalue weighted by molar-refractivity contribution is -0.140. The smallest absolute Gasteiger partial charge is 0.299 e. The summed E-state index contributed by atoms with van der Waals surface area (Å²) in [5.41, 5.74) is 5.86. The molecule has 104 valence electrons. The summed E-state index contributed by atoms with van der Waals surface area (Å²) < 4.78 is 37.8. The second-order valence-electron chi connectivity index (χ2n) is 3.92. The van der Waals surface area contributed by atoms with Crippen LogP contribution in [-0.2, 0) is 6.18 Å². The van der Waals surface area contributed by atoms with Gasteiger partial charge in [0.15, 0.2) is 5.69 Å². The first-order chi connectivity index (χ1) is 9.40. The van der Waals surface area contributed by atoms with Gasteiger partial charge in [0.05, 0.1) is 5.69 Å². The average Bonchev–Trinajstić information content (AvgIpc) is 2.81. The fraction of sp³-hybridized carbons (Fsp3) is 0.167. The van der Waals surface area contributed by atoms with Crippen molar-refractivity contribution in [3.05, 3.63) is 40.4 Å². The lowest BCUT2D eigenvalue weighted by Gasteiger charge is -2.06. The second-order valence-corrected chi connectivity index (χ2v) is 4.92. The van der Waals surface area contributed by atoms with E-state index in [1.807, 2.05) is 19.1 Å². The monoisotopic (exact) mass is 298 g/mol. The third-order valence-electron chi connectivity index (χ3n) is 2.36. The van der Waals surface area contributed by atoms with Gasteiger partial charge >= 0.3 is 6.18 Å². The van der Waals surface area contributed by atoms with Crippen LogP contribution in [0.15, 0.2) is 24.3 Å². The van der Waals surface area contributed by atoms with Gasteiger partial charge in [-0.25, -0.2) is 4.98 Å². The SMILES string of the molecule is Cc1ccc(NNc2nc(C(F)(F)F)c(C#N)s2)cc1. The Morgan fingerprint density at radius 3 is 2.35 bits per heavy atom. The van der Waals surface area contributed by atoms with Gasteiger partial charge in [-0.05, 0) is 19.1 Å². The van der Waals surface area contributed by atoms with Crippen LogP contribution in [0.4, 0.5) is 24.0 Å². The summed E-state index contributed by atoms with van der Waals surface area (Å²) in [6.45, 7) is 1.92. The van der Waals surface area contributed by atoms with Gasteiger partial charge in [-0.3, -0.25) is 10.9 Å². The van der Waals surface area contributed by atoms with Crippen molar-refractivity contribution in [2.24, 2.45) is 0 Å². The number of anilines is 2. The van der Waals surface area contributed by atoms with E-state index in [9.17, 15) is 13.2 Å². The Morgan fingerprint density at radius 2 is 1.85 bits per heavy atom. The molecule has 0 unspecified atom stereocenters. The van der Waals surface area contributed by atoms with Crippen LogP contribution in [0, 0.1) is 18.3 Å². The Hall–Kier alpha value is -2.27. The highest BCUT2D eigenvalue weighted by Gasteiger charge is 2.37. The molecule has 0 spiro atoms. The number of hydrogen-bond acceptors (Lipinski definition) is 5. The minimum Gasteiger partial charge on any atom is -0.299 e. The van der Waals surface area contributed by atoms with Gasteiger partial charge in [-0.2, -0.15) is 18.4 Å². The highest BCUT2D eigenvalue weighted by atomic mass is 32.1. The van der Waals surface area contributed by atoms with E-state index in [1.54, 1.807) is 12.1 Å². The molecule has 2 rings (SSSR count). The van der Waals surface area contributed by atoms with E-state index in [0.717, 1.165) is 5.56 Å². The number of hydrogen-bond donors (Lipinski definition) is 2. The van der Waals surface area contributed by atoms with E-state index in [1.165, 1.54) is 6.07 Å². The van der Waals surface area contributed by atoms with Gasteiger partial charge in [-0.1, -0.05) is 29.0 Å². The zero-order valence-corrected chi connectivity index (χ0v) is 11.1. The van der Waals surface area contributed by atoms with Gasteiger partial charge in [0.1, 0.15) is 10.9 Å². The van der Waals surface area contributed by atoms with Gasteiger partial charge < -0.3 is 0 Å². The standard InChI is InChI=1S/C12H9F3N4S/c1-7-2-4-8(5-3-7)18-19-11-17-10(12(13,14)15)9(6-16)20-11/h2-5,18H,1H3,(H,17,19). The van der Waals surface area contributed by atoms with E-state index < -0.39 is 16.7 Å². The Morgan fingerprint density at radius 1 is 1.20 bits per heavy atom. The molecule has 0 saturated heterocycles. The van der Waals surface area contributed by atoms with Gasteiger partial charge in [0.25, 0.3) is 0 Å². The van der Waals surface area contributed by atoms with Crippen molar-refractivity contribution in [2.75, 3.05) is 10.9 Å². The van der Waals surface area contributed by atoms with Crippen LogP contribution in [-0.4, -0.2) is 4.98 Å². The third kappa shape index (κ3) is 3.19. The molecule has 0 saturated carbocycles. The number of nitriles is 1. The zero-order chi connectivity index (χ0) is 14.8. The molecular weight excluding hydrogens is 289 g/mol. The zero-order valence-electron chi connectivity index (χ0n) is 10.2. The van der Waals surface area contributed by atoms with Crippen LogP contribution in [0.2, 0.25) is 0 Å². The van der Waals surface area contributed by atoms with Crippen molar-refractivity contribution in [1.82, 2.24) is 4.98 Å². The molecule has 0 aliphatic heterocycles. The Labute approximate surface area is 116 Å². The number of aryl methyl sites for hydroxylation is 1. The molecule has 4 nitrogen and oxygen atoms in total. The molecule has 0 fully saturated rings. The topological polar surface area (TPSA) is 60.7 Å². The summed E-state index contributed by atoms with van der Waals surface area (Å²) in [4.78, 5) is 2.92. The number of nitrogens with one attached hydrogen (secondary N) is 2. The van der Waals surface area contributed by atoms with Crippen molar-refractivity contribution >= 4 is 22.2 Å². The first-order valence-corrected chi connectivity index (χ1v) is 6.28. The molecule has 0 bridgehead atoms. The molecule has 0 aliphatic rings. The minimum atomic E-state index is -4.63. The number of benzene rings is 1. The first-order valence-electron chi connectivity index (χ1n) is 5.47. The third-order valence-corrected chi connectivity index (χ3v) is 3.24. The van der Waals surface area contributed by atoms with Gasteiger partial charge in [-0.15, -0.1) is 0 Å². The molecule has 2 N–H and O–H groups in total. The maximum absolute atomic E-state index is 12.6. The summed E-state index contributed by atoms with van der Waals surface area (Å²) in [5, 5.41) is 8.66. The molecule has 1 heterocycles. The molecule has 1 aromatic carbocycles. The lowest BCUT2D eigenvalue weighted by atomic mass is 10.2. The van der Waals surface area contributed by atoms with Gasteiger partial charge in [0, 0.05) is 0 Å². The Bertz CT molecular complexity index is 640. The van der Waals surface area contributed by atoms with Crippen molar-refractivity contribution in [3.63, 3.8) is 0 Å². The summed E-state index contributed by atoms with van der Waals surface area (Å²) in [6.07, 6.45) is -4.63. The fourth-order valence-corrected chi connectivity index (χ4v) is 2.14. The number of aromatic nitrogens is 1. The largest absolute Gasteiger partial charge is 0.435 e. The molecule has 20 heavy (non-hydrogen) atoms. The molecule has 1 aromatic heterocycles. The van der Waals surface area contributed by atoms with E-state index in [4.69, 9.17) is 5.26 Å². The predicted octanol–water partition coefficient (Wildman–Crippen LogP) is 3.78. The van der Waals surface area contributed by atoms with Crippen LogP contribution in [0.25, 0.3) is 0 Å². The number of nitrogens with zero attached hydrogens (tertiary/aromatic N) is 2. The van der Waals surface area contributed by atoms with Crippen LogP contribution in [0.3, 0.4) is 0 Å². The highest BCUT2D eigenvalue weighted by molar-refractivity contribution is 7.16. The van der Waals surface area contributed by atoms with Crippen molar-refractivity contribution in [3.8, 4) is 6.07 Å². The summed E-state index contributed by atoms with van der Waals surface area (Å²) in [6, 6.07) is 8.75. The summed E-state index contributed by atoms with van der Waals surface area (Å²) in [7, 11) is 0. The van der Waals surface area contributed by atoms with Crippen molar-refractivity contribution in [2.45, 2.75) is 13.1 Å². The number of rotatable bonds is 3. The van der Waals surface area contributed by atoms with Gasteiger partial charge in [0.2, 0.25) is 5.13 Å². The Balaban J connectivity index is 2.13. The fourth-order valence-electron chi connectivity index (χ4n) is 1.40. The van der Waals surface area contributed by atoms with E-state index in [0.29, 0.717) is 17.0 Å². The second kappa shape index (κ2) is 5.38. The maximum Gasteiger partial charge on any atom is 0.435 e. The van der Waals surface area contributed by atoms with E-state index in [2.05, 4.69) is 15.8 Å². The van der Waals surface area contributed by atoms with Crippen LogP contribution in [0.5, 0.6) is 0 Å². The Kier molecular flexibility index (Phi) is 3.81. The highest BCUT2D eigenvalue weighted by Crippen LogP contribution is 2.35. The summed E-state index contributed by atoms with van der Waals surface area (Å²) in [5.74, 6) is 0. The molecule has 2 aromatic rings. The minimum absolute atomic E-state index is 0.0190. The van der Waals surface area contributed by atoms with Crippen LogP contribution < -0.4 is 10.9 Å². The number of alkyl halides is 3. The lowest BCUT2D eigenvalue weighted by Crippen LogP contribution is -2.10. The molecular formula is C12H9F3N4S. The maximum atomic E-state index is 12.6. The first kappa shape index (κ1) is 14.1. The molecule has 0 amide bonds. The number of hydrazine groups is 1. The van der Waals surface area contributed by atoms with Crippen molar-refractivity contribution < 1.29 is 13.2 Å². The normalized spacial score (nSPS) is 10.9. The summed E-state index contributed by atoms with van der Waals surface area (Å²) >= 11 is 0.643. The molecule has 0 atom stereocenters. The van der Waals surface area contributed by atoms with Crippen LogP contribution >= 0.6 is 11.3 Å². The number of halogens is 3. The van der Waals surface area contributed by atoms with E-state index in [-0.39, 0.29) is 5.13 Å². The predicted molar refractivity (Wildman–Crippen MR) is 70.3 cm³/mol. The van der Waals surface area contributed by atoms with E-state index >= 15 is 0 Å². The quantitative estimate of drug-likeness (QED) is 0.847. The molecule has 0 radical (unpaired) electrons. The number of thiazole rings is 1. The average molecular weight is 298 g/mol. The molecule has 8 heteroatoms.